The minimum Gasteiger partial charge on any atom is -0.481 e. The number of hydrogen-bond acceptors (Lipinski definition) is 2. The zero-order chi connectivity index (χ0) is 31.0. The molecule has 2 heterocycles. The molecule has 0 saturated carbocycles. The molecule has 1 aromatic carbocycles. The van der Waals surface area contributed by atoms with Gasteiger partial charge in [0.2, 0.25) is 0 Å². The number of hydrogen-bond donors (Lipinski definition) is 0. The van der Waals surface area contributed by atoms with Crippen molar-refractivity contribution in [1.82, 2.24) is 0 Å². The molecule has 0 N–H and O–H groups in total. The second kappa shape index (κ2) is 12.2. The molecule has 2 heteroatoms. The molecule has 0 bridgehead atoms. The van der Waals surface area contributed by atoms with Gasteiger partial charge < -0.3 is 9.15 Å². The number of aryl methyl sites for hydroxylation is 1. The summed E-state index contributed by atoms with van der Waals surface area (Å²) in [6, 6.07) is 10.9. The van der Waals surface area contributed by atoms with Crippen molar-refractivity contribution in [1.29, 1.82) is 0 Å². The molecule has 3 aliphatic carbocycles. The Morgan fingerprint density at radius 2 is 1.86 bits per heavy atom. The van der Waals surface area contributed by atoms with Crippen molar-refractivity contribution in [2.75, 3.05) is 0 Å². The maximum Gasteiger partial charge on any atom is 0.170 e. The van der Waals surface area contributed by atoms with Crippen molar-refractivity contribution >= 4 is 12.2 Å². The van der Waals surface area contributed by atoms with Gasteiger partial charge in [0, 0.05) is 23.0 Å². The van der Waals surface area contributed by atoms with Crippen LogP contribution in [0.15, 0.2) is 129 Å². The second-order valence-corrected chi connectivity index (χ2v) is 13.0. The van der Waals surface area contributed by atoms with Gasteiger partial charge in [-0.15, -0.1) is 0 Å². The molecule has 5 atom stereocenters. The van der Waals surface area contributed by atoms with Crippen LogP contribution >= 0.6 is 0 Å². The Labute approximate surface area is 264 Å². The maximum absolute atomic E-state index is 6.93. The Balaban J connectivity index is 1.50. The molecular weight excluding hydrogens is 536 g/mol. The maximum atomic E-state index is 6.93. The second-order valence-electron chi connectivity index (χ2n) is 13.0. The summed E-state index contributed by atoms with van der Waals surface area (Å²) in [6.45, 7) is 15.4. The van der Waals surface area contributed by atoms with Crippen LogP contribution in [0.2, 0.25) is 0 Å². The third-order valence-corrected chi connectivity index (χ3v) is 10.3. The summed E-state index contributed by atoms with van der Waals surface area (Å²) in [4.78, 5) is 0. The smallest absolute Gasteiger partial charge is 0.170 e. The first-order chi connectivity index (χ1) is 21.3. The lowest BCUT2D eigenvalue weighted by atomic mass is 9.62. The van der Waals surface area contributed by atoms with Gasteiger partial charge in [0.15, 0.2) is 11.9 Å². The van der Waals surface area contributed by atoms with Crippen molar-refractivity contribution in [3.8, 4) is 0 Å². The molecule has 0 spiro atoms. The van der Waals surface area contributed by atoms with Crippen molar-refractivity contribution in [3.05, 3.63) is 153 Å². The van der Waals surface area contributed by atoms with Crippen LogP contribution < -0.4 is 0 Å². The van der Waals surface area contributed by atoms with E-state index in [0.717, 1.165) is 41.2 Å². The van der Waals surface area contributed by atoms with E-state index in [1.54, 1.807) is 0 Å². The molecule has 1 aromatic heterocycles. The van der Waals surface area contributed by atoms with E-state index in [1.807, 2.05) is 6.92 Å². The van der Waals surface area contributed by atoms with Gasteiger partial charge in [0.05, 0.1) is 5.41 Å². The Hall–Kier alpha value is -4.04. The highest BCUT2D eigenvalue weighted by Gasteiger charge is 2.55. The molecule has 2 aromatic rings. The van der Waals surface area contributed by atoms with Crippen LogP contribution in [-0.2, 0) is 4.74 Å². The summed E-state index contributed by atoms with van der Waals surface area (Å²) in [6.07, 6.45) is 29.0. The molecule has 2 nitrogen and oxygen atoms in total. The number of ether oxygens (including phenoxy) is 1. The van der Waals surface area contributed by atoms with E-state index in [4.69, 9.17) is 9.15 Å². The third kappa shape index (κ3) is 5.19. The van der Waals surface area contributed by atoms with Gasteiger partial charge in [-0.1, -0.05) is 109 Å². The van der Waals surface area contributed by atoms with Gasteiger partial charge in [-0.05, 0) is 94.7 Å². The van der Waals surface area contributed by atoms with E-state index in [1.165, 1.54) is 33.4 Å². The van der Waals surface area contributed by atoms with Crippen molar-refractivity contribution in [2.24, 2.45) is 17.3 Å². The monoisotopic (exact) mass is 582 g/mol. The fourth-order valence-electron chi connectivity index (χ4n) is 7.27. The van der Waals surface area contributed by atoms with Crippen molar-refractivity contribution in [3.63, 3.8) is 0 Å². The number of furan rings is 1. The molecule has 0 fully saturated rings. The third-order valence-electron chi connectivity index (χ3n) is 10.3. The molecule has 0 saturated heterocycles. The van der Waals surface area contributed by atoms with Gasteiger partial charge in [0.25, 0.3) is 0 Å². The molecule has 0 radical (unpaired) electrons. The largest absolute Gasteiger partial charge is 0.481 e. The summed E-state index contributed by atoms with van der Waals surface area (Å²) in [5, 5.41) is 0. The fraction of sp³-hybridized carbons (Fsp3) is 0.333. The molecule has 44 heavy (non-hydrogen) atoms. The molecule has 4 unspecified atom stereocenters. The first-order valence-corrected chi connectivity index (χ1v) is 16.2. The summed E-state index contributed by atoms with van der Waals surface area (Å²) in [5.74, 6) is 3.95. The lowest BCUT2D eigenvalue weighted by Gasteiger charge is -2.39. The molecule has 4 aliphatic rings. The fourth-order valence-corrected chi connectivity index (χ4v) is 7.27. The number of allylic oxidation sites excluding steroid dienone is 13. The average Bonchev–Trinajstić information content (AvgIpc) is 3.53. The molecular formula is C42H46O2. The predicted molar refractivity (Wildman–Crippen MR) is 185 cm³/mol. The van der Waals surface area contributed by atoms with Crippen LogP contribution in [-0.4, -0.2) is 0 Å². The normalized spacial score (nSPS) is 27.3. The highest BCUT2D eigenvalue weighted by Crippen LogP contribution is 2.64. The zero-order valence-electron chi connectivity index (χ0n) is 27.4. The van der Waals surface area contributed by atoms with Gasteiger partial charge in [-0.2, -0.15) is 0 Å². The first kappa shape index (κ1) is 30.0. The SMILES string of the molecule is C/C=C\C=C/C(C)/C(C)=C/c1c(C)oc2c1C=C(C1=C[C@H](c3ccccc3)CC=C1)C1(C)C3=C(C=CC(/C(C)=C/C)C3)OC21. The Kier molecular flexibility index (Phi) is 8.29. The number of rotatable bonds is 7. The predicted octanol–water partition coefficient (Wildman–Crippen LogP) is 11.7. The molecule has 1 aliphatic heterocycles. The van der Waals surface area contributed by atoms with Crippen LogP contribution in [0.1, 0.15) is 94.6 Å². The number of fused-ring (bicyclic) bond motifs is 4. The van der Waals surface area contributed by atoms with Crippen LogP contribution in [0, 0.1) is 24.2 Å². The minimum absolute atomic E-state index is 0.212. The van der Waals surface area contributed by atoms with Crippen molar-refractivity contribution in [2.45, 2.75) is 73.3 Å². The zero-order valence-corrected chi connectivity index (χ0v) is 27.4. The van der Waals surface area contributed by atoms with E-state index in [-0.39, 0.29) is 11.5 Å². The standard InChI is InChI=1S/C42H46O2/c1-8-10-12-16-28(4)29(5)23-35-30(6)43-40-36(35)26-37(34-20-15-19-33(24-34)31-17-13-11-14-18-31)42(7)38-25-32(27(3)9-2)21-22-39(38)44-41(40)42/h8-18,20-24,26,28,32-33,41H,19,25H2,1-7H3/b10-8-,16-12-,27-9+,29-23+/t28?,32?,33-,41?,42?/m1/s1. The average molecular weight is 583 g/mol. The topological polar surface area (TPSA) is 22.4 Å². The van der Waals surface area contributed by atoms with E-state index in [2.05, 4.69) is 145 Å². The van der Waals surface area contributed by atoms with Crippen LogP contribution in [0.25, 0.3) is 12.2 Å². The van der Waals surface area contributed by atoms with Gasteiger partial charge in [-0.3, -0.25) is 0 Å². The van der Waals surface area contributed by atoms with Gasteiger partial charge in [0.1, 0.15) is 11.5 Å². The van der Waals surface area contributed by atoms with Crippen LogP contribution in [0.3, 0.4) is 0 Å². The lowest BCUT2D eigenvalue weighted by molar-refractivity contribution is 0.0683. The Morgan fingerprint density at radius 1 is 1.07 bits per heavy atom. The Bertz CT molecular complexity index is 1710. The molecule has 226 valence electrons. The molecule has 0 amide bonds. The van der Waals surface area contributed by atoms with Gasteiger partial charge in [-0.25, -0.2) is 0 Å². The minimum atomic E-state index is -0.336. The highest BCUT2D eigenvalue weighted by atomic mass is 16.5. The van der Waals surface area contributed by atoms with Crippen LogP contribution in [0.4, 0.5) is 0 Å². The van der Waals surface area contributed by atoms with E-state index in [9.17, 15) is 0 Å². The first-order valence-electron chi connectivity index (χ1n) is 16.2. The summed E-state index contributed by atoms with van der Waals surface area (Å²) in [5.41, 5.74) is 10.1. The van der Waals surface area contributed by atoms with E-state index >= 15 is 0 Å². The summed E-state index contributed by atoms with van der Waals surface area (Å²) < 4.78 is 13.6. The van der Waals surface area contributed by atoms with Crippen molar-refractivity contribution < 1.29 is 9.15 Å². The lowest BCUT2D eigenvalue weighted by Crippen LogP contribution is -2.31. The highest BCUT2D eigenvalue weighted by molar-refractivity contribution is 5.78. The summed E-state index contributed by atoms with van der Waals surface area (Å²) >= 11 is 0. The quantitative estimate of drug-likeness (QED) is 0.239. The molecule has 6 rings (SSSR count). The van der Waals surface area contributed by atoms with Crippen LogP contribution in [0.5, 0.6) is 0 Å². The summed E-state index contributed by atoms with van der Waals surface area (Å²) in [7, 11) is 0. The van der Waals surface area contributed by atoms with E-state index < -0.39 is 0 Å². The van der Waals surface area contributed by atoms with E-state index in [0.29, 0.717) is 17.8 Å². The van der Waals surface area contributed by atoms with Gasteiger partial charge >= 0.3 is 0 Å². The Morgan fingerprint density at radius 3 is 2.61 bits per heavy atom. The number of benzene rings is 1.